The van der Waals surface area contributed by atoms with Crippen molar-refractivity contribution >= 4 is 5.91 Å². The summed E-state index contributed by atoms with van der Waals surface area (Å²) in [5, 5.41) is 6.91. The molecule has 0 aliphatic carbocycles. The molecule has 2 aromatic rings. The topological polar surface area (TPSA) is 95.7 Å². The van der Waals surface area contributed by atoms with Gasteiger partial charge in [-0.25, -0.2) is 0 Å². The second kappa shape index (κ2) is 9.36. The molecule has 27 heavy (non-hydrogen) atoms. The van der Waals surface area contributed by atoms with Crippen LogP contribution in [-0.2, 0) is 16.0 Å². The summed E-state index contributed by atoms with van der Waals surface area (Å²) >= 11 is 0. The Hall–Kier alpha value is -2.61. The molecule has 0 spiro atoms. The minimum absolute atomic E-state index is 0.0186. The minimum Gasteiger partial charge on any atom is -0.493 e. The third-order valence-corrected chi connectivity index (χ3v) is 4.46. The van der Waals surface area contributed by atoms with E-state index in [4.69, 9.17) is 18.7 Å². The first-order valence-electron chi connectivity index (χ1n) is 9.13. The van der Waals surface area contributed by atoms with E-state index in [2.05, 4.69) is 15.5 Å². The summed E-state index contributed by atoms with van der Waals surface area (Å²) in [6, 6.07) is 5.43. The molecule has 1 N–H and O–H groups in total. The summed E-state index contributed by atoms with van der Waals surface area (Å²) in [6.07, 6.45) is 3.86. The van der Waals surface area contributed by atoms with Gasteiger partial charge in [-0.05, 0) is 37.5 Å². The van der Waals surface area contributed by atoms with Gasteiger partial charge < -0.3 is 24.1 Å². The Labute approximate surface area is 158 Å². The molecule has 1 aliphatic rings. The molecule has 1 aromatic heterocycles. The van der Waals surface area contributed by atoms with E-state index in [-0.39, 0.29) is 12.0 Å². The Kier molecular flexibility index (Phi) is 6.64. The van der Waals surface area contributed by atoms with Gasteiger partial charge in [-0.1, -0.05) is 5.16 Å². The first-order valence-corrected chi connectivity index (χ1v) is 9.13. The first kappa shape index (κ1) is 19.2. The quantitative estimate of drug-likeness (QED) is 0.719. The molecule has 1 aliphatic heterocycles. The predicted molar refractivity (Wildman–Crippen MR) is 97.8 cm³/mol. The first-order chi connectivity index (χ1) is 13.2. The number of rotatable bonds is 9. The molecule has 1 saturated heterocycles. The molecular formula is C19H25N3O5. The van der Waals surface area contributed by atoms with E-state index in [9.17, 15) is 4.79 Å². The van der Waals surface area contributed by atoms with E-state index in [0.717, 1.165) is 25.0 Å². The van der Waals surface area contributed by atoms with Crippen molar-refractivity contribution in [2.45, 2.75) is 38.2 Å². The third kappa shape index (κ3) is 5.19. The molecule has 1 atom stereocenters. The molecule has 8 heteroatoms. The maximum Gasteiger partial charge on any atom is 0.226 e. The number of hydrogen-bond acceptors (Lipinski definition) is 7. The van der Waals surface area contributed by atoms with Crippen LogP contribution in [0.1, 0.15) is 31.6 Å². The SMILES string of the molecule is COc1ccc(-c2noc(CCCC(=O)NC[C@H]3CCCO3)n2)cc1OC. The maximum absolute atomic E-state index is 11.9. The predicted octanol–water partition coefficient (Wildman–Crippen LogP) is 2.37. The summed E-state index contributed by atoms with van der Waals surface area (Å²) < 4.78 is 21.3. The van der Waals surface area contributed by atoms with Crippen molar-refractivity contribution in [3.05, 3.63) is 24.1 Å². The van der Waals surface area contributed by atoms with Gasteiger partial charge in [0.25, 0.3) is 0 Å². The molecule has 0 bridgehead atoms. The molecule has 0 radical (unpaired) electrons. The van der Waals surface area contributed by atoms with Gasteiger partial charge in [-0.15, -0.1) is 0 Å². The van der Waals surface area contributed by atoms with Crippen LogP contribution in [0.5, 0.6) is 11.5 Å². The average Bonchev–Trinajstić information content (AvgIpc) is 3.38. The molecule has 3 rings (SSSR count). The van der Waals surface area contributed by atoms with Crippen molar-refractivity contribution in [1.29, 1.82) is 0 Å². The normalized spacial score (nSPS) is 16.3. The third-order valence-electron chi connectivity index (χ3n) is 4.46. The van der Waals surface area contributed by atoms with Gasteiger partial charge in [0.2, 0.25) is 17.6 Å². The average molecular weight is 375 g/mol. The molecule has 8 nitrogen and oxygen atoms in total. The van der Waals surface area contributed by atoms with Crippen molar-refractivity contribution in [1.82, 2.24) is 15.5 Å². The molecule has 1 aromatic carbocycles. The number of amides is 1. The Morgan fingerprint density at radius 3 is 2.89 bits per heavy atom. The fourth-order valence-corrected chi connectivity index (χ4v) is 2.97. The lowest BCUT2D eigenvalue weighted by Crippen LogP contribution is -2.31. The molecular weight excluding hydrogens is 350 g/mol. The summed E-state index contributed by atoms with van der Waals surface area (Å²) in [6.45, 7) is 1.38. The number of methoxy groups -OCH3 is 2. The number of carbonyl (C=O) groups excluding carboxylic acids is 1. The van der Waals surface area contributed by atoms with Crippen LogP contribution in [0.25, 0.3) is 11.4 Å². The van der Waals surface area contributed by atoms with Crippen molar-refractivity contribution in [2.24, 2.45) is 0 Å². The van der Waals surface area contributed by atoms with Crippen molar-refractivity contribution in [2.75, 3.05) is 27.4 Å². The lowest BCUT2D eigenvalue weighted by Gasteiger charge is -2.10. The van der Waals surface area contributed by atoms with Gasteiger partial charge in [-0.3, -0.25) is 4.79 Å². The van der Waals surface area contributed by atoms with E-state index in [1.807, 2.05) is 6.07 Å². The number of nitrogens with one attached hydrogen (secondary N) is 1. The van der Waals surface area contributed by atoms with Crippen LogP contribution in [0.3, 0.4) is 0 Å². The smallest absolute Gasteiger partial charge is 0.226 e. The van der Waals surface area contributed by atoms with Gasteiger partial charge in [0.05, 0.1) is 20.3 Å². The number of aryl methyl sites for hydroxylation is 1. The molecule has 1 fully saturated rings. The highest BCUT2D eigenvalue weighted by Gasteiger charge is 2.16. The van der Waals surface area contributed by atoms with E-state index in [1.54, 1.807) is 26.4 Å². The van der Waals surface area contributed by atoms with Crippen LogP contribution in [0.15, 0.2) is 22.7 Å². The zero-order valence-electron chi connectivity index (χ0n) is 15.7. The fraction of sp³-hybridized carbons (Fsp3) is 0.526. The Balaban J connectivity index is 1.47. The number of carbonyl (C=O) groups is 1. The zero-order valence-corrected chi connectivity index (χ0v) is 15.7. The number of hydrogen-bond donors (Lipinski definition) is 1. The highest BCUT2D eigenvalue weighted by atomic mass is 16.5. The second-order valence-corrected chi connectivity index (χ2v) is 6.37. The van der Waals surface area contributed by atoms with Crippen LogP contribution in [0, 0.1) is 0 Å². The number of benzene rings is 1. The van der Waals surface area contributed by atoms with Crippen LogP contribution in [0.2, 0.25) is 0 Å². The molecule has 0 unspecified atom stereocenters. The van der Waals surface area contributed by atoms with Gasteiger partial charge in [0, 0.05) is 31.6 Å². The van der Waals surface area contributed by atoms with Gasteiger partial charge in [-0.2, -0.15) is 4.98 Å². The molecule has 1 amide bonds. The number of ether oxygens (including phenoxy) is 3. The van der Waals surface area contributed by atoms with E-state index in [0.29, 0.717) is 49.0 Å². The standard InChI is InChI=1S/C19H25N3O5/c1-24-15-9-8-13(11-16(15)25-2)19-21-18(27-22-19)7-3-6-17(23)20-12-14-5-4-10-26-14/h8-9,11,14H,3-7,10,12H2,1-2H3,(H,20,23)/t14-/m1/s1. The monoisotopic (exact) mass is 375 g/mol. The Bertz CT molecular complexity index is 756. The van der Waals surface area contributed by atoms with E-state index < -0.39 is 0 Å². The summed E-state index contributed by atoms with van der Waals surface area (Å²) in [5.41, 5.74) is 0.775. The molecule has 2 heterocycles. The van der Waals surface area contributed by atoms with Gasteiger partial charge in [0.1, 0.15) is 0 Å². The maximum atomic E-state index is 11.9. The zero-order chi connectivity index (χ0) is 19.1. The van der Waals surface area contributed by atoms with Crippen LogP contribution in [-0.4, -0.2) is 49.5 Å². The lowest BCUT2D eigenvalue weighted by atomic mass is 10.2. The van der Waals surface area contributed by atoms with Crippen molar-refractivity contribution < 1.29 is 23.5 Å². The van der Waals surface area contributed by atoms with Crippen LogP contribution >= 0.6 is 0 Å². The van der Waals surface area contributed by atoms with E-state index in [1.165, 1.54) is 0 Å². The van der Waals surface area contributed by atoms with Crippen molar-refractivity contribution in [3.63, 3.8) is 0 Å². The van der Waals surface area contributed by atoms with Gasteiger partial charge >= 0.3 is 0 Å². The highest BCUT2D eigenvalue weighted by molar-refractivity contribution is 5.75. The minimum atomic E-state index is 0.0186. The summed E-state index contributed by atoms with van der Waals surface area (Å²) in [7, 11) is 3.16. The van der Waals surface area contributed by atoms with Gasteiger partial charge in [0.15, 0.2) is 11.5 Å². The largest absolute Gasteiger partial charge is 0.493 e. The summed E-state index contributed by atoms with van der Waals surface area (Å²) in [5.74, 6) is 2.24. The molecule has 146 valence electrons. The Morgan fingerprint density at radius 2 is 2.15 bits per heavy atom. The Morgan fingerprint density at radius 1 is 1.30 bits per heavy atom. The number of nitrogens with zero attached hydrogens (tertiary/aromatic N) is 2. The van der Waals surface area contributed by atoms with Crippen LogP contribution < -0.4 is 14.8 Å². The second-order valence-electron chi connectivity index (χ2n) is 6.37. The summed E-state index contributed by atoms with van der Waals surface area (Å²) in [4.78, 5) is 16.3. The fourth-order valence-electron chi connectivity index (χ4n) is 2.97. The van der Waals surface area contributed by atoms with E-state index >= 15 is 0 Å². The van der Waals surface area contributed by atoms with Crippen LogP contribution in [0.4, 0.5) is 0 Å². The molecule has 0 saturated carbocycles. The number of aromatic nitrogens is 2. The highest BCUT2D eigenvalue weighted by Crippen LogP contribution is 2.31. The lowest BCUT2D eigenvalue weighted by molar-refractivity contribution is -0.121. The van der Waals surface area contributed by atoms with Crippen molar-refractivity contribution in [3.8, 4) is 22.9 Å².